The number of halogens is 1. The van der Waals surface area contributed by atoms with E-state index in [-0.39, 0.29) is 6.04 Å². The van der Waals surface area contributed by atoms with Gasteiger partial charge in [-0.3, -0.25) is 0 Å². The summed E-state index contributed by atoms with van der Waals surface area (Å²) in [6.07, 6.45) is 4.56. The predicted octanol–water partition coefficient (Wildman–Crippen LogP) is 3.43. The Labute approximate surface area is 126 Å². The van der Waals surface area contributed by atoms with E-state index in [4.69, 9.17) is 4.74 Å². The molecule has 5 heteroatoms. The molecule has 4 nitrogen and oxygen atoms in total. The first kappa shape index (κ1) is 13.5. The van der Waals surface area contributed by atoms with Crippen molar-refractivity contribution in [2.75, 3.05) is 18.5 Å². The molecule has 0 amide bonds. The number of nitrogens with zero attached hydrogens (tertiary/aromatic N) is 2. The second kappa shape index (κ2) is 6.33. The van der Waals surface area contributed by atoms with Gasteiger partial charge in [-0.25, -0.2) is 9.97 Å². The van der Waals surface area contributed by atoms with Gasteiger partial charge < -0.3 is 10.1 Å². The molecule has 0 aliphatic carbocycles. The number of ether oxygens (including phenoxy) is 1. The molecule has 20 heavy (non-hydrogen) atoms. The highest BCUT2D eigenvalue weighted by molar-refractivity contribution is 9.10. The molecular weight excluding hydrogens is 318 g/mol. The average molecular weight is 334 g/mol. The van der Waals surface area contributed by atoms with Gasteiger partial charge in [-0.1, -0.05) is 30.3 Å². The van der Waals surface area contributed by atoms with Crippen LogP contribution < -0.4 is 5.32 Å². The Bertz CT molecular complexity index is 541. The number of hydrogen-bond donors (Lipinski definition) is 1. The number of nitrogens with one attached hydrogen (secondary N) is 1. The highest BCUT2D eigenvalue weighted by Gasteiger charge is 2.27. The smallest absolute Gasteiger partial charge is 0.223 e. The summed E-state index contributed by atoms with van der Waals surface area (Å²) < 4.78 is 6.41. The Hall–Kier alpha value is -1.46. The van der Waals surface area contributed by atoms with E-state index in [0.717, 1.165) is 24.1 Å². The first-order valence-electron chi connectivity index (χ1n) is 6.70. The molecule has 0 bridgehead atoms. The van der Waals surface area contributed by atoms with Gasteiger partial charge >= 0.3 is 0 Å². The Morgan fingerprint density at radius 3 is 2.60 bits per heavy atom. The SMILES string of the molecule is Brc1cnc(N[C@H](c2ccccc2)[C@@H]2CCOC2)nc1. The normalized spacial score (nSPS) is 19.8. The van der Waals surface area contributed by atoms with Gasteiger partial charge in [0.25, 0.3) is 0 Å². The fourth-order valence-electron chi connectivity index (χ4n) is 2.48. The lowest BCUT2D eigenvalue weighted by atomic mass is 9.92. The van der Waals surface area contributed by atoms with E-state index in [1.54, 1.807) is 12.4 Å². The van der Waals surface area contributed by atoms with E-state index in [1.807, 2.05) is 6.07 Å². The van der Waals surface area contributed by atoms with Crippen LogP contribution in [-0.4, -0.2) is 23.2 Å². The Kier molecular flexibility index (Phi) is 4.28. The zero-order valence-electron chi connectivity index (χ0n) is 11.0. The zero-order valence-corrected chi connectivity index (χ0v) is 12.6. The van der Waals surface area contributed by atoms with E-state index >= 15 is 0 Å². The number of rotatable bonds is 4. The molecular formula is C15H16BrN3O. The van der Waals surface area contributed by atoms with Crippen molar-refractivity contribution in [2.45, 2.75) is 12.5 Å². The third-order valence-corrected chi connectivity index (χ3v) is 3.91. The van der Waals surface area contributed by atoms with Gasteiger partial charge in [-0.2, -0.15) is 0 Å². The molecule has 3 rings (SSSR count). The fraction of sp³-hybridized carbons (Fsp3) is 0.333. The van der Waals surface area contributed by atoms with Crippen LogP contribution in [0.15, 0.2) is 47.2 Å². The third-order valence-electron chi connectivity index (χ3n) is 3.50. The van der Waals surface area contributed by atoms with Gasteiger partial charge in [0.05, 0.1) is 17.1 Å². The second-order valence-corrected chi connectivity index (χ2v) is 5.80. The van der Waals surface area contributed by atoms with Gasteiger partial charge in [0.1, 0.15) is 0 Å². The van der Waals surface area contributed by atoms with Crippen LogP contribution >= 0.6 is 15.9 Å². The van der Waals surface area contributed by atoms with E-state index < -0.39 is 0 Å². The van der Waals surface area contributed by atoms with E-state index in [9.17, 15) is 0 Å². The van der Waals surface area contributed by atoms with Gasteiger partial charge in [0.2, 0.25) is 5.95 Å². The molecule has 2 atom stereocenters. The van der Waals surface area contributed by atoms with Crippen molar-refractivity contribution < 1.29 is 4.74 Å². The fourth-order valence-corrected chi connectivity index (χ4v) is 2.68. The van der Waals surface area contributed by atoms with Crippen molar-refractivity contribution in [1.82, 2.24) is 9.97 Å². The van der Waals surface area contributed by atoms with Crippen molar-refractivity contribution >= 4 is 21.9 Å². The summed E-state index contributed by atoms with van der Waals surface area (Å²) in [6.45, 7) is 1.61. The lowest BCUT2D eigenvalue weighted by Crippen LogP contribution is -2.22. The standard InChI is InChI=1S/C15H16BrN3O/c16-13-8-17-15(18-9-13)19-14(12-6-7-20-10-12)11-4-2-1-3-5-11/h1-5,8-9,12,14H,6-7,10H2,(H,17,18,19)/t12-,14-/m1/s1. The van der Waals surface area contributed by atoms with Gasteiger partial charge in [-0.05, 0) is 27.9 Å². The summed E-state index contributed by atoms with van der Waals surface area (Å²) in [5, 5.41) is 3.44. The molecule has 1 aliphatic rings. The summed E-state index contributed by atoms with van der Waals surface area (Å²) >= 11 is 3.35. The van der Waals surface area contributed by atoms with E-state index in [0.29, 0.717) is 11.9 Å². The minimum absolute atomic E-state index is 0.180. The molecule has 0 saturated carbocycles. The quantitative estimate of drug-likeness (QED) is 0.931. The monoisotopic (exact) mass is 333 g/mol. The largest absolute Gasteiger partial charge is 0.381 e. The molecule has 2 aromatic rings. The molecule has 0 unspecified atom stereocenters. The Morgan fingerprint density at radius 1 is 1.20 bits per heavy atom. The summed E-state index contributed by atoms with van der Waals surface area (Å²) in [7, 11) is 0. The summed E-state index contributed by atoms with van der Waals surface area (Å²) in [4.78, 5) is 8.61. The maximum Gasteiger partial charge on any atom is 0.223 e. The number of hydrogen-bond acceptors (Lipinski definition) is 4. The molecule has 1 aromatic heterocycles. The van der Waals surface area contributed by atoms with Crippen molar-refractivity contribution in [2.24, 2.45) is 5.92 Å². The van der Waals surface area contributed by atoms with Crippen molar-refractivity contribution in [3.8, 4) is 0 Å². The molecule has 0 spiro atoms. The van der Waals surface area contributed by atoms with Crippen LogP contribution in [0.5, 0.6) is 0 Å². The number of anilines is 1. The van der Waals surface area contributed by atoms with Crippen LogP contribution in [0.1, 0.15) is 18.0 Å². The highest BCUT2D eigenvalue weighted by atomic mass is 79.9. The van der Waals surface area contributed by atoms with Crippen LogP contribution in [0.4, 0.5) is 5.95 Å². The lowest BCUT2D eigenvalue weighted by molar-refractivity contribution is 0.182. The lowest BCUT2D eigenvalue weighted by Gasteiger charge is -2.24. The Morgan fingerprint density at radius 2 is 1.95 bits per heavy atom. The van der Waals surface area contributed by atoms with Gasteiger partial charge in [0, 0.05) is 24.9 Å². The maximum atomic E-state index is 5.53. The third kappa shape index (κ3) is 3.16. The zero-order chi connectivity index (χ0) is 13.8. The molecule has 1 aromatic carbocycles. The molecule has 1 N–H and O–H groups in total. The van der Waals surface area contributed by atoms with Crippen molar-refractivity contribution in [3.63, 3.8) is 0 Å². The van der Waals surface area contributed by atoms with Crippen LogP contribution in [0.2, 0.25) is 0 Å². The Balaban J connectivity index is 1.83. The van der Waals surface area contributed by atoms with E-state index in [1.165, 1.54) is 5.56 Å². The van der Waals surface area contributed by atoms with Crippen molar-refractivity contribution in [3.05, 3.63) is 52.8 Å². The maximum absolute atomic E-state index is 5.53. The topological polar surface area (TPSA) is 47.0 Å². The van der Waals surface area contributed by atoms with Crippen LogP contribution in [0.25, 0.3) is 0 Å². The van der Waals surface area contributed by atoms with Gasteiger partial charge in [0.15, 0.2) is 0 Å². The van der Waals surface area contributed by atoms with Crippen molar-refractivity contribution in [1.29, 1.82) is 0 Å². The van der Waals surface area contributed by atoms with Gasteiger partial charge in [-0.15, -0.1) is 0 Å². The minimum atomic E-state index is 0.180. The minimum Gasteiger partial charge on any atom is -0.381 e. The molecule has 2 heterocycles. The first-order chi connectivity index (χ1) is 9.83. The molecule has 1 saturated heterocycles. The number of benzene rings is 1. The van der Waals surface area contributed by atoms with Crippen LogP contribution in [0.3, 0.4) is 0 Å². The first-order valence-corrected chi connectivity index (χ1v) is 7.49. The summed E-state index contributed by atoms with van der Waals surface area (Å²) in [5.41, 5.74) is 1.24. The molecule has 104 valence electrons. The molecule has 1 fully saturated rings. The molecule has 0 radical (unpaired) electrons. The summed E-state index contributed by atoms with van der Waals surface area (Å²) in [5.74, 6) is 1.10. The molecule has 1 aliphatic heterocycles. The average Bonchev–Trinajstić information content (AvgIpc) is 3.01. The highest BCUT2D eigenvalue weighted by Crippen LogP contribution is 2.31. The van der Waals surface area contributed by atoms with Crippen LogP contribution in [0, 0.1) is 5.92 Å². The van der Waals surface area contributed by atoms with Crippen LogP contribution in [-0.2, 0) is 4.74 Å². The number of aromatic nitrogens is 2. The predicted molar refractivity (Wildman–Crippen MR) is 81.5 cm³/mol. The van der Waals surface area contributed by atoms with E-state index in [2.05, 4.69) is 55.5 Å². The summed E-state index contributed by atoms with van der Waals surface area (Å²) in [6, 6.07) is 10.6. The second-order valence-electron chi connectivity index (χ2n) is 4.88.